The molecule has 0 saturated carbocycles. The normalized spacial score (nSPS) is 12.5. The third-order valence-corrected chi connectivity index (χ3v) is 2.37. The number of nitrogens with one attached hydrogen (secondary N) is 1. The smallest absolute Gasteiger partial charge is 0.181 e. The first kappa shape index (κ1) is 12.0. The van der Waals surface area contributed by atoms with Gasteiger partial charge in [-0.2, -0.15) is 0 Å². The largest absolute Gasteiger partial charge is 0.382 e. The van der Waals surface area contributed by atoms with Crippen LogP contribution in [0.15, 0.2) is 18.2 Å². The number of rotatable bonds is 5. The standard InChI is InChI=1S/C12H17F2N/c1-3-5-9(2)8-15-11-7-4-6-10(13)12(11)14/h4,6-7,9,15H,3,5,8H2,1-2H3. The third-order valence-electron chi connectivity index (χ3n) is 2.37. The molecular formula is C12H17F2N. The monoisotopic (exact) mass is 213 g/mol. The second-order valence-corrected chi connectivity index (χ2v) is 3.88. The molecule has 1 atom stereocenters. The van der Waals surface area contributed by atoms with Crippen molar-refractivity contribution in [3.63, 3.8) is 0 Å². The van der Waals surface area contributed by atoms with E-state index < -0.39 is 11.6 Å². The van der Waals surface area contributed by atoms with Gasteiger partial charge in [0.2, 0.25) is 0 Å². The van der Waals surface area contributed by atoms with Crippen LogP contribution in [0.2, 0.25) is 0 Å². The molecule has 0 amide bonds. The average Bonchev–Trinajstić information content (AvgIpc) is 2.21. The highest BCUT2D eigenvalue weighted by atomic mass is 19.2. The van der Waals surface area contributed by atoms with Crippen molar-refractivity contribution in [1.29, 1.82) is 0 Å². The molecular weight excluding hydrogens is 196 g/mol. The van der Waals surface area contributed by atoms with E-state index in [4.69, 9.17) is 0 Å². The maximum atomic E-state index is 13.2. The molecule has 0 aromatic heterocycles. The fourth-order valence-corrected chi connectivity index (χ4v) is 1.52. The fraction of sp³-hybridized carbons (Fsp3) is 0.500. The van der Waals surface area contributed by atoms with Crippen molar-refractivity contribution in [3.05, 3.63) is 29.8 Å². The number of hydrogen-bond acceptors (Lipinski definition) is 1. The molecule has 1 aromatic carbocycles. The summed E-state index contributed by atoms with van der Waals surface area (Å²) in [5.41, 5.74) is 0.248. The first-order chi connectivity index (χ1) is 7.15. The van der Waals surface area contributed by atoms with Crippen LogP contribution < -0.4 is 5.32 Å². The summed E-state index contributed by atoms with van der Waals surface area (Å²) in [6.45, 7) is 4.88. The molecule has 0 saturated heterocycles. The van der Waals surface area contributed by atoms with E-state index in [0.717, 1.165) is 18.9 Å². The zero-order valence-electron chi connectivity index (χ0n) is 9.19. The van der Waals surface area contributed by atoms with E-state index >= 15 is 0 Å². The van der Waals surface area contributed by atoms with Gasteiger partial charge in [-0.3, -0.25) is 0 Å². The number of halogens is 2. The molecule has 0 bridgehead atoms. The topological polar surface area (TPSA) is 12.0 Å². The SMILES string of the molecule is CCCC(C)CNc1cccc(F)c1F. The molecule has 0 heterocycles. The number of hydrogen-bond donors (Lipinski definition) is 1. The lowest BCUT2D eigenvalue weighted by molar-refractivity contribution is 0.507. The van der Waals surface area contributed by atoms with Crippen LogP contribution in [0.3, 0.4) is 0 Å². The van der Waals surface area contributed by atoms with Crippen LogP contribution >= 0.6 is 0 Å². The van der Waals surface area contributed by atoms with Crippen molar-refractivity contribution in [3.8, 4) is 0 Å². The maximum absolute atomic E-state index is 13.2. The molecule has 0 aliphatic heterocycles. The van der Waals surface area contributed by atoms with Crippen molar-refractivity contribution in [2.24, 2.45) is 5.92 Å². The summed E-state index contributed by atoms with van der Waals surface area (Å²) in [6.07, 6.45) is 2.19. The second kappa shape index (κ2) is 5.69. The molecule has 3 heteroatoms. The Hall–Kier alpha value is -1.12. The quantitative estimate of drug-likeness (QED) is 0.784. The predicted molar refractivity (Wildman–Crippen MR) is 58.9 cm³/mol. The fourth-order valence-electron chi connectivity index (χ4n) is 1.52. The number of anilines is 1. The molecule has 1 nitrogen and oxygen atoms in total. The van der Waals surface area contributed by atoms with Gasteiger partial charge in [-0.05, 0) is 24.5 Å². The van der Waals surface area contributed by atoms with Gasteiger partial charge in [0.15, 0.2) is 11.6 Å². The van der Waals surface area contributed by atoms with Gasteiger partial charge in [-0.15, -0.1) is 0 Å². The van der Waals surface area contributed by atoms with Crippen molar-refractivity contribution < 1.29 is 8.78 Å². The minimum Gasteiger partial charge on any atom is -0.382 e. The average molecular weight is 213 g/mol. The van der Waals surface area contributed by atoms with E-state index in [0.29, 0.717) is 12.5 Å². The summed E-state index contributed by atoms with van der Waals surface area (Å²) in [5, 5.41) is 2.92. The van der Waals surface area contributed by atoms with Crippen LogP contribution in [0, 0.1) is 17.6 Å². The summed E-state index contributed by atoms with van der Waals surface area (Å²) < 4.78 is 26.0. The molecule has 15 heavy (non-hydrogen) atoms. The van der Waals surface area contributed by atoms with Crippen molar-refractivity contribution in [2.75, 3.05) is 11.9 Å². The van der Waals surface area contributed by atoms with Crippen LogP contribution in [0.25, 0.3) is 0 Å². The van der Waals surface area contributed by atoms with Gasteiger partial charge in [0.05, 0.1) is 5.69 Å². The van der Waals surface area contributed by atoms with E-state index in [9.17, 15) is 8.78 Å². The minimum atomic E-state index is -0.803. The van der Waals surface area contributed by atoms with Crippen molar-refractivity contribution >= 4 is 5.69 Å². The Morgan fingerprint density at radius 3 is 2.73 bits per heavy atom. The zero-order chi connectivity index (χ0) is 11.3. The molecule has 0 aliphatic rings. The molecule has 1 unspecified atom stereocenters. The highest BCUT2D eigenvalue weighted by molar-refractivity contribution is 5.44. The third kappa shape index (κ3) is 3.50. The Kier molecular flexibility index (Phi) is 4.53. The zero-order valence-corrected chi connectivity index (χ0v) is 9.19. The Labute approximate surface area is 89.5 Å². The van der Waals surface area contributed by atoms with E-state index in [2.05, 4.69) is 19.2 Å². The lowest BCUT2D eigenvalue weighted by Crippen LogP contribution is -2.12. The molecule has 0 fully saturated rings. The predicted octanol–water partition coefficient (Wildman–Crippen LogP) is 3.81. The summed E-state index contributed by atoms with van der Waals surface area (Å²) >= 11 is 0. The van der Waals surface area contributed by atoms with Crippen LogP contribution in [-0.4, -0.2) is 6.54 Å². The Bertz CT molecular complexity index is 312. The second-order valence-electron chi connectivity index (χ2n) is 3.88. The van der Waals surface area contributed by atoms with Crippen molar-refractivity contribution in [2.45, 2.75) is 26.7 Å². The van der Waals surface area contributed by atoms with E-state index in [1.165, 1.54) is 6.07 Å². The maximum Gasteiger partial charge on any atom is 0.181 e. The van der Waals surface area contributed by atoms with Gasteiger partial charge >= 0.3 is 0 Å². The van der Waals surface area contributed by atoms with Crippen molar-refractivity contribution in [1.82, 2.24) is 0 Å². The van der Waals surface area contributed by atoms with Gasteiger partial charge in [0.25, 0.3) is 0 Å². The summed E-state index contributed by atoms with van der Waals surface area (Å²) in [5.74, 6) is -1.12. The Morgan fingerprint density at radius 1 is 1.33 bits per heavy atom. The summed E-state index contributed by atoms with van der Waals surface area (Å²) in [6, 6.07) is 4.18. The van der Waals surface area contributed by atoms with Gasteiger partial charge in [-0.25, -0.2) is 8.78 Å². The molecule has 1 N–H and O–H groups in total. The molecule has 84 valence electrons. The first-order valence-corrected chi connectivity index (χ1v) is 5.33. The van der Waals surface area contributed by atoms with Gasteiger partial charge < -0.3 is 5.32 Å². The van der Waals surface area contributed by atoms with Crippen LogP contribution in [-0.2, 0) is 0 Å². The van der Waals surface area contributed by atoms with Crippen LogP contribution in [0.5, 0.6) is 0 Å². The van der Waals surface area contributed by atoms with E-state index in [1.54, 1.807) is 6.07 Å². The van der Waals surface area contributed by atoms with Gasteiger partial charge in [-0.1, -0.05) is 26.3 Å². The molecule has 0 radical (unpaired) electrons. The molecule has 1 rings (SSSR count). The molecule has 1 aromatic rings. The Balaban J connectivity index is 2.54. The Morgan fingerprint density at radius 2 is 2.07 bits per heavy atom. The highest BCUT2D eigenvalue weighted by Crippen LogP contribution is 2.17. The highest BCUT2D eigenvalue weighted by Gasteiger charge is 2.07. The van der Waals surface area contributed by atoms with Crippen LogP contribution in [0.1, 0.15) is 26.7 Å². The van der Waals surface area contributed by atoms with Gasteiger partial charge in [0, 0.05) is 6.54 Å². The molecule has 0 aliphatic carbocycles. The molecule has 0 spiro atoms. The van der Waals surface area contributed by atoms with Crippen LogP contribution in [0.4, 0.5) is 14.5 Å². The summed E-state index contributed by atoms with van der Waals surface area (Å²) in [4.78, 5) is 0. The van der Waals surface area contributed by atoms with E-state index in [-0.39, 0.29) is 5.69 Å². The van der Waals surface area contributed by atoms with Gasteiger partial charge in [0.1, 0.15) is 0 Å². The minimum absolute atomic E-state index is 0.248. The van der Waals surface area contributed by atoms with E-state index in [1.807, 2.05) is 0 Å². The lowest BCUT2D eigenvalue weighted by atomic mass is 10.1. The number of benzene rings is 1. The lowest BCUT2D eigenvalue weighted by Gasteiger charge is -2.13. The summed E-state index contributed by atoms with van der Waals surface area (Å²) in [7, 11) is 0. The first-order valence-electron chi connectivity index (χ1n) is 5.33.